The largest absolute Gasteiger partial charge is 0.493 e. The smallest absolute Gasteiger partial charge is 0.271 e. The van der Waals surface area contributed by atoms with Gasteiger partial charge in [0.25, 0.3) is 5.91 Å². The van der Waals surface area contributed by atoms with Gasteiger partial charge in [0.05, 0.1) is 27.9 Å². The summed E-state index contributed by atoms with van der Waals surface area (Å²) in [7, 11) is 1.53. The Kier molecular flexibility index (Phi) is 7.59. The number of amides is 1. The summed E-state index contributed by atoms with van der Waals surface area (Å²) in [6.45, 7) is 3.90. The van der Waals surface area contributed by atoms with Gasteiger partial charge in [0.15, 0.2) is 23.3 Å². The second-order valence-electron chi connectivity index (χ2n) is 7.80. The molecule has 0 aromatic heterocycles. The van der Waals surface area contributed by atoms with Crippen molar-refractivity contribution in [1.82, 2.24) is 0 Å². The Morgan fingerprint density at radius 1 is 1.11 bits per heavy atom. The fraction of sp³-hybridized carbons (Fsp3) is 0.148. The van der Waals surface area contributed by atoms with E-state index < -0.39 is 0 Å². The number of anilines is 1. The SMILES string of the molecule is COc1cc(/C=C2\SC(=Nc3cccc(C)c3)N(c3cccc(C)c3)C2=O)cc(Br)c1OCC#N. The van der Waals surface area contributed by atoms with Crippen LogP contribution in [0.15, 0.2) is 75.0 Å². The third-order valence-corrected chi connectivity index (χ3v) is 6.68. The Morgan fingerprint density at radius 2 is 1.86 bits per heavy atom. The summed E-state index contributed by atoms with van der Waals surface area (Å²) in [5.74, 6) is 0.734. The molecule has 0 unspecified atom stereocenters. The average molecular weight is 548 g/mol. The van der Waals surface area contributed by atoms with Crippen molar-refractivity contribution in [3.8, 4) is 17.6 Å². The number of nitrogens with zero attached hydrogens (tertiary/aromatic N) is 3. The first-order valence-corrected chi connectivity index (χ1v) is 12.3. The number of methoxy groups -OCH3 is 1. The van der Waals surface area contributed by atoms with Crippen LogP contribution in [0, 0.1) is 25.2 Å². The Balaban J connectivity index is 1.77. The van der Waals surface area contributed by atoms with Gasteiger partial charge in [0.1, 0.15) is 6.07 Å². The van der Waals surface area contributed by atoms with Crippen molar-refractivity contribution in [2.75, 3.05) is 18.6 Å². The summed E-state index contributed by atoms with van der Waals surface area (Å²) in [5.41, 5.74) is 4.43. The fourth-order valence-corrected chi connectivity index (χ4v) is 5.15. The number of aryl methyl sites for hydroxylation is 2. The van der Waals surface area contributed by atoms with Crippen LogP contribution in [0.4, 0.5) is 11.4 Å². The minimum Gasteiger partial charge on any atom is -0.493 e. The average Bonchev–Trinajstić information content (AvgIpc) is 3.12. The van der Waals surface area contributed by atoms with E-state index in [1.54, 1.807) is 17.0 Å². The van der Waals surface area contributed by atoms with Crippen molar-refractivity contribution in [3.63, 3.8) is 0 Å². The standard InChI is InChI=1S/C27H22BrN3O3S/c1-17-6-4-8-20(12-17)30-27-31(21-9-5-7-18(2)13-21)26(32)24(35-27)16-19-14-22(28)25(34-11-10-29)23(15-19)33-3/h4-9,12-16H,11H2,1-3H3/b24-16-,30-27?. The van der Waals surface area contributed by atoms with Crippen molar-refractivity contribution in [2.24, 2.45) is 4.99 Å². The van der Waals surface area contributed by atoms with Crippen molar-refractivity contribution < 1.29 is 14.3 Å². The van der Waals surface area contributed by atoms with Crippen LogP contribution in [-0.4, -0.2) is 24.8 Å². The van der Waals surface area contributed by atoms with E-state index in [4.69, 9.17) is 19.7 Å². The second-order valence-corrected chi connectivity index (χ2v) is 9.67. The van der Waals surface area contributed by atoms with Gasteiger partial charge in [-0.15, -0.1) is 0 Å². The number of halogens is 1. The molecule has 35 heavy (non-hydrogen) atoms. The van der Waals surface area contributed by atoms with Gasteiger partial charge in [-0.25, -0.2) is 4.99 Å². The highest BCUT2D eigenvalue weighted by Gasteiger charge is 2.35. The van der Waals surface area contributed by atoms with Gasteiger partial charge in [0.2, 0.25) is 0 Å². The second kappa shape index (κ2) is 10.8. The quantitative estimate of drug-likeness (QED) is 0.317. The third kappa shape index (κ3) is 5.59. The molecule has 1 aliphatic heterocycles. The monoisotopic (exact) mass is 547 g/mol. The molecule has 0 saturated carbocycles. The van der Waals surface area contributed by atoms with Crippen LogP contribution < -0.4 is 14.4 Å². The van der Waals surface area contributed by atoms with E-state index in [2.05, 4.69) is 15.9 Å². The van der Waals surface area contributed by atoms with Gasteiger partial charge < -0.3 is 9.47 Å². The van der Waals surface area contributed by atoms with Crippen LogP contribution in [0.5, 0.6) is 11.5 Å². The first kappa shape index (κ1) is 24.6. The molecule has 1 amide bonds. The summed E-state index contributed by atoms with van der Waals surface area (Å²) < 4.78 is 11.6. The molecule has 8 heteroatoms. The van der Waals surface area contributed by atoms with Crippen molar-refractivity contribution in [2.45, 2.75) is 13.8 Å². The molecule has 6 nitrogen and oxygen atoms in total. The molecule has 0 radical (unpaired) electrons. The van der Waals surface area contributed by atoms with Crippen LogP contribution in [-0.2, 0) is 4.79 Å². The summed E-state index contributed by atoms with van der Waals surface area (Å²) in [6, 6.07) is 21.2. The van der Waals surface area contributed by atoms with Crippen LogP contribution in [0.1, 0.15) is 16.7 Å². The van der Waals surface area contributed by atoms with E-state index in [-0.39, 0.29) is 12.5 Å². The zero-order valence-corrected chi connectivity index (χ0v) is 21.8. The lowest BCUT2D eigenvalue weighted by atomic mass is 10.1. The van der Waals surface area contributed by atoms with Gasteiger partial charge in [-0.05, 0) is 101 Å². The highest BCUT2D eigenvalue weighted by atomic mass is 79.9. The van der Waals surface area contributed by atoms with Gasteiger partial charge in [-0.1, -0.05) is 24.3 Å². The molecule has 3 aromatic carbocycles. The van der Waals surface area contributed by atoms with E-state index in [1.807, 2.05) is 74.5 Å². The minimum atomic E-state index is -0.160. The molecule has 0 atom stereocenters. The number of amidine groups is 1. The van der Waals surface area contributed by atoms with E-state index in [1.165, 1.54) is 18.9 Å². The maximum Gasteiger partial charge on any atom is 0.271 e. The Hall–Kier alpha value is -3.54. The molecular formula is C27H22BrN3O3S. The van der Waals surface area contributed by atoms with E-state index in [9.17, 15) is 4.79 Å². The highest BCUT2D eigenvalue weighted by molar-refractivity contribution is 9.10. The number of rotatable bonds is 6. The molecule has 176 valence electrons. The summed E-state index contributed by atoms with van der Waals surface area (Å²) in [5, 5.41) is 9.42. The predicted molar refractivity (Wildman–Crippen MR) is 144 cm³/mol. The Bertz CT molecular complexity index is 1390. The maximum absolute atomic E-state index is 13.6. The van der Waals surface area contributed by atoms with Gasteiger partial charge in [-0.3, -0.25) is 9.69 Å². The first-order valence-electron chi connectivity index (χ1n) is 10.7. The number of hydrogen-bond donors (Lipinski definition) is 0. The highest BCUT2D eigenvalue weighted by Crippen LogP contribution is 2.40. The molecule has 0 N–H and O–H groups in total. The lowest BCUT2D eigenvalue weighted by Crippen LogP contribution is -2.28. The van der Waals surface area contributed by atoms with Crippen LogP contribution in [0.25, 0.3) is 6.08 Å². The molecule has 4 rings (SSSR count). The topological polar surface area (TPSA) is 74.9 Å². The van der Waals surface area contributed by atoms with E-state index >= 15 is 0 Å². The maximum atomic E-state index is 13.6. The number of benzene rings is 3. The Labute approximate surface area is 217 Å². The lowest BCUT2D eigenvalue weighted by molar-refractivity contribution is -0.113. The normalized spacial score (nSPS) is 15.5. The van der Waals surface area contributed by atoms with Gasteiger partial charge >= 0.3 is 0 Å². The van der Waals surface area contributed by atoms with E-state index in [0.29, 0.717) is 26.0 Å². The van der Waals surface area contributed by atoms with Gasteiger partial charge in [-0.2, -0.15) is 5.26 Å². The summed E-state index contributed by atoms with van der Waals surface area (Å²) in [4.78, 5) is 20.6. The third-order valence-electron chi connectivity index (χ3n) is 5.12. The molecule has 3 aromatic rings. The zero-order valence-electron chi connectivity index (χ0n) is 19.4. The van der Waals surface area contributed by atoms with Crippen molar-refractivity contribution >= 4 is 56.2 Å². The number of hydrogen-bond acceptors (Lipinski definition) is 6. The number of aliphatic imine (C=N–C) groups is 1. The number of ether oxygens (including phenoxy) is 2. The molecular weight excluding hydrogens is 526 g/mol. The van der Waals surface area contributed by atoms with E-state index in [0.717, 1.165) is 28.1 Å². The minimum absolute atomic E-state index is 0.103. The molecule has 0 spiro atoms. The molecule has 0 aliphatic carbocycles. The van der Waals surface area contributed by atoms with Crippen molar-refractivity contribution in [3.05, 3.63) is 86.7 Å². The van der Waals surface area contributed by atoms with Gasteiger partial charge in [0, 0.05) is 0 Å². The number of carbonyl (C=O) groups excluding carboxylic acids is 1. The fourth-order valence-electron chi connectivity index (χ4n) is 3.57. The summed E-state index contributed by atoms with van der Waals surface area (Å²) in [6.07, 6.45) is 1.80. The zero-order chi connectivity index (χ0) is 24.9. The van der Waals surface area contributed by atoms with Crippen LogP contribution >= 0.6 is 27.7 Å². The summed E-state index contributed by atoms with van der Waals surface area (Å²) >= 11 is 4.80. The van der Waals surface area contributed by atoms with Crippen LogP contribution in [0.3, 0.4) is 0 Å². The molecule has 1 heterocycles. The number of carbonyl (C=O) groups is 1. The number of thioether (sulfide) groups is 1. The predicted octanol–water partition coefficient (Wildman–Crippen LogP) is 6.79. The Morgan fingerprint density at radius 3 is 2.54 bits per heavy atom. The molecule has 1 fully saturated rings. The van der Waals surface area contributed by atoms with Crippen molar-refractivity contribution in [1.29, 1.82) is 5.26 Å². The molecule has 1 aliphatic rings. The number of nitriles is 1. The first-order chi connectivity index (χ1) is 16.9. The molecule has 1 saturated heterocycles. The lowest BCUT2D eigenvalue weighted by Gasteiger charge is -2.16. The molecule has 0 bridgehead atoms. The van der Waals surface area contributed by atoms with Crippen LogP contribution in [0.2, 0.25) is 0 Å².